The summed E-state index contributed by atoms with van der Waals surface area (Å²) in [5, 5.41) is 24.4. The number of halogens is 1. The van der Waals surface area contributed by atoms with Gasteiger partial charge in [-0.25, -0.2) is 9.59 Å². The van der Waals surface area contributed by atoms with E-state index >= 15 is 0 Å². The minimum atomic E-state index is -1.26. The van der Waals surface area contributed by atoms with Crippen molar-refractivity contribution in [2.75, 3.05) is 31.1 Å². The van der Waals surface area contributed by atoms with Crippen molar-refractivity contribution in [3.8, 4) is 0 Å². The van der Waals surface area contributed by atoms with Crippen LogP contribution in [-0.4, -0.2) is 63.4 Å². The molecule has 1 aromatic carbocycles. The summed E-state index contributed by atoms with van der Waals surface area (Å²) in [5.74, 6) is -0.0634. The van der Waals surface area contributed by atoms with Gasteiger partial charge < -0.3 is 15.1 Å². The van der Waals surface area contributed by atoms with E-state index in [-0.39, 0.29) is 0 Å². The normalized spacial score (nSPS) is 20.8. The topological polar surface area (TPSA) is 107 Å². The molecule has 0 radical (unpaired) electrons. The van der Waals surface area contributed by atoms with Crippen LogP contribution in [0.3, 0.4) is 0 Å². The number of benzene rings is 1. The molecular weight excluding hydrogens is 432 g/mol. The number of fused-ring (bicyclic) bond motifs is 2. The van der Waals surface area contributed by atoms with Gasteiger partial charge in [-0.3, -0.25) is 4.90 Å². The van der Waals surface area contributed by atoms with E-state index in [9.17, 15) is 9.59 Å². The molecule has 170 valence electrons. The lowest BCUT2D eigenvalue weighted by Gasteiger charge is -2.36. The number of piperidine rings is 1. The van der Waals surface area contributed by atoms with Crippen molar-refractivity contribution in [2.24, 2.45) is 11.8 Å². The Kier molecular flexibility index (Phi) is 8.58. The second kappa shape index (κ2) is 11.6. The monoisotopic (exact) mass is 458 g/mol. The van der Waals surface area contributed by atoms with Crippen LogP contribution in [-0.2, 0) is 16.1 Å². The summed E-state index contributed by atoms with van der Waals surface area (Å²) < 4.78 is 0. The Morgan fingerprint density at radius 1 is 0.969 bits per heavy atom. The van der Waals surface area contributed by atoms with E-state index in [0.717, 1.165) is 31.4 Å². The first-order valence-corrected chi connectivity index (χ1v) is 10.9. The van der Waals surface area contributed by atoms with Crippen molar-refractivity contribution < 1.29 is 19.8 Å². The quantitative estimate of drug-likeness (QED) is 0.658. The van der Waals surface area contributed by atoms with Crippen molar-refractivity contribution in [1.29, 1.82) is 0 Å². The average molecular weight is 459 g/mol. The number of nitrogens with zero attached hydrogens (tertiary/aromatic N) is 4. The predicted molar refractivity (Wildman–Crippen MR) is 122 cm³/mol. The molecule has 0 aliphatic carbocycles. The third kappa shape index (κ3) is 7.62. The molecule has 9 heteroatoms. The highest BCUT2D eigenvalue weighted by molar-refractivity contribution is 6.29. The van der Waals surface area contributed by atoms with Gasteiger partial charge in [-0.1, -0.05) is 41.9 Å². The van der Waals surface area contributed by atoms with Crippen LogP contribution < -0.4 is 4.90 Å². The summed E-state index contributed by atoms with van der Waals surface area (Å²) in [5.41, 5.74) is 1.41. The van der Waals surface area contributed by atoms with Gasteiger partial charge in [0.2, 0.25) is 0 Å². The Balaban J connectivity index is 0.000000312. The van der Waals surface area contributed by atoms with Gasteiger partial charge in [0.25, 0.3) is 0 Å². The second-order valence-corrected chi connectivity index (χ2v) is 8.49. The van der Waals surface area contributed by atoms with Crippen LogP contribution in [0, 0.1) is 11.8 Å². The number of carbonyl (C=O) groups is 2. The van der Waals surface area contributed by atoms with Gasteiger partial charge in [-0.2, -0.15) is 0 Å². The highest BCUT2D eigenvalue weighted by Gasteiger charge is 2.32. The molecule has 2 atom stereocenters. The van der Waals surface area contributed by atoms with Gasteiger partial charge in [0.15, 0.2) is 11.0 Å². The van der Waals surface area contributed by atoms with Crippen LogP contribution in [0.2, 0.25) is 5.15 Å². The minimum absolute atomic E-state index is 0.460. The molecule has 8 nitrogen and oxygen atoms in total. The maximum atomic E-state index is 9.55. The molecule has 2 unspecified atom stereocenters. The van der Waals surface area contributed by atoms with E-state index in [2.05, 4.69) is 50.3 Å². The van der Waals surface area contributed by atoms with Crippen molar-refractivity contribution >= 4 is 29.4 Å². The van der Waals surface area contributed by atoms with Crippen LogP contribution in [0.15, 0.2) is 54.6 Å². The number of likely N-dealkylation sites (tertiary alicyclic amines) is 1. The summed E-state index contributed by atoms with van der Waals surface area (Å²) in [6.45, 7) is 5.58. The summed E-state index contributed by atoms with van der Waals surface area (Å²) >= 11 is 5.87. The first kappa shape index (κ1) is 23.7. The smallest absolute Gasteiger partial charge is 0.328 e. The van der Waals surface area contributed by atoms with Gasteiger partial charge >= 0.3 is 11.9 Å². The molecular formula is C23H27ClN4O4. The molecule has 2 bridgehead atoms. The van der Waals surface area contributed by atoms with E-state index in [1.165, 1.54) is 31.5 Å². The number of hydrogen-bond acceptors (Lipinski definition) is 6. The predicted octanol–water partition coefficient (Wildman–Crippen LogP) is 3.19. The maximum absolute atomic E-state index is 9.55. The molecule has 4 rings (SSSR count). The van der Waals surface area contributed by atoms with E-state index in [1.54, 1.807) is 0 Å². The fourth-order valence-corrected chi connectivity index (χ4v) is 4.41. The zero-order valence-corrected chi connectivity index (χ0v) is 18.4. The molecule has 32 heavy (non-hydrogen) atoms. The van der Waals surface area contributed by atoms with Gasteiger partial charge in [0, 0.05) is 44.9 Å². The lowest BCUT2D eigenvalue weighted by Crippen LogP contribution is -2.41. The SMILES string of the molecule is Clc1ccc(N2CCC3CC(CN(Cc4ccccc4)C3)C2)nn1.O=C(O)/C=C/C(=O)O. The fraction of sp³-hybridized carbons (Fsp3) is 0.391. The zero-order chi connectivity index (χ0) is 22.9. The number of rotatable bonds is 5. The Morgan fingerprint density at radius 3 is 2.28 bits per heavy atom. The van der Waals surface area contributed by atoms with Crippen LogP contribution in [0.5, 0.6) is 0 Å². The van der Waals surface area contributed by atoms with Crippen molar-refractivity contribution in [3.05, 3.63) is 65.3 Å². The summed E-state index contributed by atoms with van der Waals surface area (Å²) in [6.07, 6.45) is 3.68. The number of carboxylic acid groups (broad SMARTS) is 2. The lowest BCUT2D eigenvalue weighted by molar-refractivity contribution is -0.134. The Morgan fingerprint density at radius 2 is 1.66 bits per heavy atom. The first-order valence-electron chi connectivity index (χ1n) is 10.5. The molecule has 2 N–H and O–H groups in total. The number of hydrogen-bond donors (Lipinski definition) is 2. The Labute approximate surface area is 192 Å². The second-order valence-electron chi connectivity index (χ2n) is 8.11. The van der Waals surface area contributed by atoms with Crippen LogP contribution in [0.1, 0.15) is 18.4 Å². The third-order valence-electron chi connectivity index (χ3n) is 5.54. The third-order valence-corrected chi connectivity index (χ3v) is 5.75. The average Bonchev–Trinajstić information content (AvgIpc) is 2.91. The number of aromatic nitrogens is 2. The number of aliphatic carboxylic acids is 2. The van der Waals surface area contributed by atoms with Gasteiger partial charge in [0.1, 0.15) is 0 Å². The summed E-state index contributed by atoms with van der Waals surface area (Å²) in [6, 6.07) is 14.6. The molecule has 0 saturated carbocycles. The molecule has 2 aliphatic rings. The van der Waals surface area contributed by atoms with Crippen molar-refractivity contribution in [3.63, 3.8) is 0 Å². The fourth-order valence-electron chi connectivity index (χ4n) is 4.31. The van der Waals surface area contributed by atoms with Crippen molar-refractivity contribution in [1.82, 2.24) is 15.1 Å². The summed E-state index contributed by atoms with van der Waals surface area (Å²) in [7, 11) is 0. The van der Waals surface area contributed by atoms with Crippen LogP contribution >= 0.6 is 11.6 Å². The van der Waals surface area contributed by atoms with Crippen molar-refractivity contribution in [2.45, 2.75) is 19.4 Å². The van der Waals surface area contributed by atoms with Gasteiger partial charge in [-0.05, 0) is 42.4 Å². The van der Waals surface area contributed by atoms with E-state index < -0.39 is 11.9 Å². The molecule has 0 spiro atoms. The number of anilines is 1. The van der Waals surface area contributed by atoms with Gasteiger partial charge in [-0.15, -0.1) is 10.2 Å². The van der Waals surface area contributed by atoms with Gasteiger partial charge in [0.05, 0.1) is 0 Å². The Bertz CT molecular complexity index is 907. The van der Waals surface area contributed by atoms with Crippen LogP contribution in [0.4, 0.5) is 5.82 Å². The molecule has 2 aromatic rings. The standard InChI is InChI=1S/C19H23ClN4.C4H4O4/c20-18-6-7-19(22-21-18)24-9-8-16-10-17(14-24)13-23(12-16)11-15-4-2-1-3-5-15;5-3(6)1-2-4(7)8/h1-7,16-17H,8-14H2;1-2H,(H,5,6)(H,7,8)/b;2-1+. The van der Waals surface area contributed by atoms with E-state index in [0.29, 0.717) is 23.2 Å². The zero-order valence-electron chi connectivity index (χ0n) is 17.7. The largest absolute Gasteiger partial charge is 0.478 e. The highest BCUT2D eigenvalue weighted by atomic mass is 35.5. The van der Waals surface area contributed by atoms with Crippen LogP contribution in [0.25, 0.3) is 0 Å². The molecule has 2 saturated heterocycles. The molecule has 2 fully saturated rings. The molecule has 3 heterocycles. The minimum Gasteiger partial charge on any atom is -0.478 e. The molecule has 0 amide bonds. The first-order chi connectivity index (χ1) is 15.4. The Hall–Kier alpha value is -2.97. The van der Waals surface area contributed by atoms with E-state index in [4.69, 9.17) is 21.8 Å². The lowest BCUT2D eigenvalue weighted by atomic mass is 9.88. The van der Waals surface area contributed by atoms with E-state index in [1.807, 2.05) is 12.1 Å². The molecule has 2 aliphatic heterocycles. The summed E-state index contributed by atoms with van der Waals surface area (Å²) in [4.78, 5) is 24.1. The maximum Gasteiger partial charge on any atom is 0.328 e. The number of carboxylic acids is 2. The molecule has 1 aromatic heterocycles. The highest BCUT2D eigenvalue weighted by Crippen LogP contribution is 2.31.